The molecule has 1 unspecified atom stereocenters. The van der Waals surface area contributed by atoms with Crippen LogP contribution in [0.25, 0.3) is 0 Å². The van der Waals surface area contributed by atoms with Crippen molar-refractivity contribution >= 4 is 15.9 Å². The summed E-state index contributed by atoms with van der Waals surface area (Å²) in [6, 6.07) is 14.4. The summed E-state index contributed by atoms with van der Waals surface area (Å²) >= 11 is 3.57. The van der Waals surface area contributed by atoms with Crippen LogP contribution in [-0.2, 0) is 6.54 Å². The molecule has 0 heterocycles. The molecule has 1 N–H and O–H groups in total. The van der Waals surface area contributed by atoms with Gasteiger partial charge in [-0.1, -0.05) is 40.2 Å². The first-order valence-electron chi connectivity index (χ1n) is 6.84. The normalized spacial score (nSPS) is 12.0. The Balaban J connectivity index is 2.06. The number of hydrogen-bond donors (Lipinski definition) is 1. The van der Waals surface area contributed by atoms with Crippen LogP contribution in [0, 0.1) is 0 Å². The number of benzene rings is 2. The van der Waals surface area contributed by atoms with Crippen molar-refractivity contribution in [2.75, 3.05) is 14.2 Å². The molecule has 112 valence electrons. The molecule has 0 aliphatic heterocycles. The summed E-state index contributed by atoms with van der Waals surface area (Å²) < 4.78 is 11.7. The van der Waals surface area contributed by atoms with Crippen LogP contribution in [0.4, 0.5) is 0 Å². The van der Waals surface area contributed by atoms with Crippen molar-refractivity contribution in [2.45, 2.75) is 19.5 Å². The highest BCUT2D eigenvalue weighted by molar-refractivity contribution is 9.10. The minimum absolute atomic E-state index is 0.219. The zero-order valence-corrected chi connectivity index (χ0v) is 14.1. The third-order valence-electron chi connectivity index (χ3n) is 3.46. The van der Waals surface area contributed by atoms with E-state index in [4.69, 9.17) is 9.47 Å². The molecule has 0 aliphatic rings. The van der Waals surface area contributed by atoms with Crippen molar-refractivity contribution in [2.24, 2.45) is 0 Å². The monoisotopic (exact) mass is 349 g/mol. The van der Waals surface area contributed by atoms with Crippen molar-refractivity contribution < 1.29 is 9.47 Å². The highest BCUT2D eigenvalue weighted by Crippen LogP contribution is 2.30. The van der Waals surface area contributed by atoms with E-state index >= 15 is 0 Å². The summed E-state index contributed by atoms with van der Waals surface area (Å²) in [7, 11) is 3.30. The zero-order valence-electron chi connectivity index (χ0n) is 12.5. The molecule has 0 radical (unpaired) electrons. The number of halogens is 1. The Hall–Kier alpha value is -1.52. The third-order valence-corrected chi connectivity index (χ3v) is 4.24. The van der Waals surface area contributed by atoms with Gasteiger partial charge in [0.15, 0.2) is 11.5 Å². The molecule has 0 saturated carbocycles. The van der Waals surface area contributed by atoms with Gasteiger partial charge in [-0.25, -0.2) is 0 Å². The Morgan fingerprint density at radius 2 is 1.76 bits per heavy atom. The lowest BCUT2D eigenvalue weighted by Gasteiger charge is -2.17. The average Bonchev–Trinajstić information content (AvgIpc) is 2.53. The largest absolute Gasteiger partial charge is 0.493 e. The minimum Gasteiger partial charge on any atom is -0.493 e. The molecule has 0 aliphatic carbocycles. The molecule has 2 rings (SSSR count). The van der Waals surface area contributed by atoms with E-state index in [0.717, 1.165) is 22.5 Å². The number of nitrogens with one attached hydrogen (secondary N) is 1. The van der Waals surface area contributed by atoms with E-state index in [2.05, 4.69) is 46.4 Å². The zero-order chi connectivity index (χ0) is 15.2. The van der Waals surface area contributed by atoms with E-state index in [0.29, 0.717) is 0 Å². The average molecular weight is 350 g/mol. The van der Waals surface area contributed by atoms with Gasteiger partial charge in [-0.2, -0.15) is 0 Å². The van der Waals surface area contributed by atoms with Crippen LogP contribution >= 0.6 is 15.9 Å². The topological polar surface area (TPSA) is 30.5 Å². The first-order valence-corrected chi connectivity index (χ1v) is 7.63. The van der Waals surface area contributed by atoms with E-state index in [-0.39, 0.29) is 6.04 Å². The van der Waals surface area contributed by atoms with Crippen LogP contribution < -0.4 is 14.8 Å². The lowest BCUT2D eigenvalue weighted by Crippen LogP contribution is -2.18. The van der Waals surface area contributed by atoms with Crippen molar-refractivity contribution in [1.82, 2.24) is 5.32 Å². The molecular weight excluding hydrogens is 330 g/mol. The van der Waals surface area contributed by atoms with Gasteiger partial charge in [0.1, 0.15) is 0 Å². The van der Waals surface area contributed by atoms with Crippen molar-refractivity contribution in [1.29, 1.82) is 0 Å². The molecule has 2 aromatic carbocycles. The Morgan fingerprint density at radius 3 is 2.43 bits per heavy atom. The number of hydrogen-bond acceptors (Lipinski definition) is 3. The summed E-state index contributed by atoms with van der Waals surface area (Å²) in [6.45, 7) is 2.94. The molecule has 4 heteroatoms. The summed E-state index contributed by atoms with van der Waals surface area (Å²) in [5.41, 5.74) is 2.41. The van der Waals surface area contributed by atoms with E-state index in [9.17, 15) is 0 Å². The highest BCUT2D eigenvalue weighted by atomic mass is 79.9. The van der Waals surface area contributed by atoms with Gasteiger partial charge >= 0.3 is 0 Å². The quantitative estimate of drug-likeness (QED) is 0.842. The maximum absolute atomic E-state index is 5.35. The van der Waals surface area contributed by atoms with Crippen LogP contribution in [0.2, 0.25) is 0 Å². The maximum Gasteiger partial charge on any atom is 0.161 e. The summed E-state index contributed by atoms with van der Waals surface area (Å²) in [5, 5.41) is 3.52. The van der Waals surface area contributed by atoms with Crippen LogP contribution in [0.15, 0.2) is 46.9 Å². The van der Waals surface area contributed by atoms with E-state index < -0.39 is 0 Å². The van der Waals surface area contributed by atoms with Crippen molar-refractivity contribution in [3.8, 4) is 11.5 Å². The van der Waals surface area contributed by atoms with Crippen molar-refractivity contribution in [3.63, 3.8) is 0 Å². The highest BCUT2D eigenvalue weighted by Gasteiger charge is 2.10. The van der Waals surface area contributed by atoms with Gasteiger partial charge in [0, 0.05) is 17.1 Å². The van der Waals surface area contributed by atoms with Gasteiger partial charge in [0.05, 0.1) is 14.2 Å². The molecule has 21 heavy (non-hydrogen) atoms. The lowest BCUT2D eigenvalue weighted by molar-refractivity contribution is 0.354. The smallest absolute Gasteiger partial charge is 0.161 e. The first kappa shape index (κ1) is 15.9. The second kappa shape index (κ2) is 7.48. The molecule has 0 amide bonds. The number of rotatable bonds is 6. The molecule has 0 fully saturated rings. The summed E-state index contributed by atoms with van der Waals surface area (Å²) in [6.07, 6.45) is 0. The van der Waals surface area contributed by atoms with Gasteiger partial charge in [0.2, 0.25) is 0 Å². The van der Waals surface area contributed by atoms with E-state index in [1.165, 1.54) is 11.1 Å². The number of ether oxygens (including phenoxy) is 2. The minimum atomic E-state index is 0.219. The first-order chi connectivity index (χ1) is 10.2. The fourth-order valence-electron chi connectivity index (χ4n) is 2.14. The SMILES string of the molecule is COc1ccc(C(C)NCc2ccccc2Br)cc1OC. The van der Waals surface area contributed by atoms with Gasteiger partial charge in [-0.3, -0.25) is 0 Å². The maximum atomic E-state index is 5.35. The second-order valence-electron chi connectivity index (χ2n) is 4.81. The fourth-order valence-corrected chi connectivity index (χ4v) is 2.57. The van der Waals surface area contributed by atoms with Crippen LogP contribution in [-0.4, -0.2) is 14.2 Å². The Morgan fingerprint density at radius 1 is 1.05 bits per heavy atom. The van der Waals surface area contributed by atoms with Gasteiger partial charge in [-0.05, 0) is 36.2 Å². The molecule has 2 aromatic rings. The van der Waals surface area contributed by atoms with Crippen LogP contribution in [0.5, 0.6) is 11.5 Å². The Bertz CT molecular complexity index is 601. The van der Waals surface area contributed by atoms with Crippen molar-refractivity contribution in [3.05, 3.63) is 58.1 Å². The lowest BCUT2D eigenvalue weighted by atomic mass is 10.1. The third kappa shape index (κ3) is 3.99. The van der Waals surface area contributed by atoms with Crippen LogP contribution in [0.1, 0.15) is 24.1 Å². The standard InChI is InChI=1S/C17H20BrNO2/c1-12(19-11-14-6-4-5-7-15(14)18)13-8-9-16(20-2)17(10-13)21-3/h4-10,12,19H,11H2,1-3H3. The molecular formula is C17H20BrNO2. The molecule has 3 nitrogen and oxygen atoms in total. The van der Waals surface area contributed by atoms with Gasteiger partial charge < -0.3 is 14.8 Å². The van der Waals surface area contributed by atoms with Gasteiger partial charge in [0.25, 0.3) is 0 Å². The molecule has 0 spiro atoms. The van der Waals surface area contributed by atoms with Crippen LogP contribution in [0.3, 0.4) is 0 Å². The predicted molar refractivity (Wildman–Crippen MR) is 88.9 cm³/mol. The summed E-state index contributed by atoms with van der Waals surface area (Å²) in [5.74, 6) is 1.50. The van der Waals surface area contributed by atoms with E-state index in [1.807, 2.05) is 24.3 Å². The predicted octanol–water partition coefficient (Wildman–Crippen LogP) is 4.32. The number of methoxy groups -OCH3 is 2. The molecule has 0 saturated heterocycles. The molecule has 0 bridgehead atoms. The Labute approximate surface area is 134 Å². The fraction of sp³-hybridized carbons (Fsp3) is 0.294. The second-order valence-corrected chi connectivity index (χ2v) is 5.66. The molecule has 0 aromatic heterocycles. The van der Waals surface area contributed by atoms with Gasteiger partial charge in [-0.15, -0.1) is 0 Å². The summed E-state index contributed by atoms with van der Waals surface area (Å²) in [4.78, 5) is 0. The Kier molecular flexibility index (Phi) is 5.65. The molecule has 1 atom stereocenters. The van der Waals surface area contributed by atoms with E-state index in [1.54, 1.807) is 14.2 Å².